The fraction of sp³-hybridized carbons (Fsp3) is 0.297. The first-order valence-corrected chi connectivity index (χ1v) is 17.1. The third-order valence-corrected chi connectivity index (χ3v) is 9.81. The van der Waals surface area contributed by atoms with E-state index in [4.69, 9.17) is 37.3 Å². The molecule has 2 aliphatic heterocycles. The number of nitrogens with zero attached hydrogens (tertiary/aromatic N) is 2. The zero-order chi connectivity index (χ0) is 33.9. The van der Waals surface area contributed by atoms with Gasteiger partial charge in [-0.3, -0.25) is 9.59 Å². The second kappa shape index (κ2) is 14.6. The third kappa shape index (κ3) is 7.28. The van der Waals surface area contributed by atoms with Crippen LogP contribution in [0.5, 0.6) is 5.88 Å². The number of rotatable bonds is 12. The van der Waals surface area contributed by atoms with Crippen LogP contribution in [-0.2, 0) is 22.7 Å². The second-order valence-electron chi connectivity index (χ2n) is 12.4. The number of aromatic nitrogens is 2. The smallest absolute Gasteiger partial charge is 0.226 e. The lowest BCUT2D eigenvalue weighted by Gasteiger charge is -2.15. The van der Waals surface area contributed by atoms with Crippen LogP contribution in [0.4, 0.5) is 0 Å². The van der Waals surface area contributed by atoms with E-state index in [1.807, 2.05) is 60.7 Å². The number of furan rings is 1. The highest BCUT2D eigenvalue weighted by Gasteiger charge is 2.22. The Morgan fingerprint density at radius 3 is 2.12 bits per heavy atom. The van der Waals surface area contributed by atoms with Crippen molar-refractivity contribution < 1.29 is 18.7 Å². The fourth-order valence-electron chi connectivity index (χ4n) is 6.46. The summed E-state index contributed by atoms with van der Waals surface area (Å²) in [4.78, 5) is 32.3. The summed E-state index contributed by atoms with van der Waals surface area (Å²) < 4.78 is 11.6. The SMILES string of the molecule is COc1nc(-c2cccc(-c3cccc(-c4cnc5oc(CNC[C@H]6CCC(=O)N6)cc5c4)c3Cl)c2Cl)ccc1CNC[C@H]1CCC(=O)N1. The predicted molar refractivity (Wildman–Crippen MR) is 190 cm³/mol. The van der Waals surface area contributed by atoms with Crippen molar-refractivity contribution in [3.8, 4) is 39.4 Å². The summed E-state index contributed by atoms with van der Waals surface area (Å²) in [5.41, 5.74) is 6.12. The molecule has 7 rings (SSSR count). The number of pyridine rings is 2. The maximum Gasteiger partial charge on any atom is 0.226 e. The van der Waals surface area contributed by atoms with Gasteiger partial charge in [0.1, 0.15) is 5.76 Å². The summed E-state index contributed by atoms with van der Waals surface area (Å²) in [5, 5.41) is 14.6. The molecule has 3 aromatic heterocycles. The summed E-state index contributed by atoms with van der Waals surface area (Å²) in [7, 11) is 1.60. The average Bonchev–Trinajstić information content (AvgIpc) is 3.84. The molecule has 2 saturated heterocycles. The Kier molecular flexibility index (Phi) is 9.81. The van der Waals surface area contributed by atoms with Crippen LogP contribution in [0, 0.1) is 0 Å². The molecule has 5 heterocycles. The quantitative estimate of drug-likeness (QED) is 0.120. The van der Waals surface area contributed by atoms with E-state index in [1.54, 1.807) is 13.3 Å². The van der Waals surface area contributed by atoms with Crippen LogP contribution in [0.3, 0.4) is 0 Å². The molecule has 2 atom stereocenters. The number of hydrogen-bond acceptors (Lipinski definition) is 8. The molecule has 5 aromatic rings. The van der Waals surface area contributed by atoms with Crippen molar-refractivity contribution in [2.75, 3.05) is 20.2 Å². The molecule has 0 unspecified atom stereocenters. The van der Waals surface area contributed by atoms with Gasteiger partial charge in [-0.25, -0.2) is 9.97 Å². The monoisotopic (exact) mass is 698 g/mol. The number of carbonyl (C=O) groups excluding carboxylic acids is 2. The molecule has 0 spiro atoms. The van der Waals surface area contributed by atoms with Gasteiger partial charge in [0.25, 0.3) is 0 Å². The van der Waals surface area contributed by atoms with Gasteiger partial charge in [-0.1, -0.05) is 65.7 Å². The Morgan fingerprint density at radius 1 is 0.837 bits per heavy atom. The molecule has 0 bridgehead atoms. The van der Waals surface area contributed by atoms with E-state index in [2.05, 4.69) is 26.3 Å². The van der Waals surface area contributed by atoms with Crippen molar-refractivity contribution in [3.05, 3.63) is 88.2 Å². The highest BCUT2D eigenvalue weighted by molar-refractivity contribution is 6.39. The number of halogens is 2. The first kappa shape index (κ1) is 33.0. The number of methoxy groups -OCH3 is 1. The predicted octanol–water partition coefficient (Wildman–Crippen LogP) is 6.28. The minimum absolute atomic E-state index is 0.0995. The minimum Gasteiger partial charge on any atom is -0.481 e. The standard InChI is InChI=1S/C37H36Cl2N6O4/c1-48-37-21(16-40-18-24-9-12-32(46)43-24)8-11-31(45-37)30-7-3-6-29(35(30)39)28-5-2-4-27(34(28)38)23-14-22-15-26(49-36(22)42-17-23)20-41-19-25-10-13-33(47)44-25/h2-8,11,14-15,17,24-25,40-41H,9-10,12-13,16,18-20H2,1H3,(H,43,46)(H,44,47)/t24-,25-/m1/s1. The van der Waals surface area contributed by atoms with Crippen LogP contribution in [0.2, 0.25) is 10.0 Å². The molecule has 2 amide bonds. The minimum atomic E-state index is 0.0995. The van der Waals surface area contributed by atoms with E-state index >= 15 is 0 Å². The summed E-state index contributed by atoms with van der Waals surface area (Å²) in [5.74, 6) is 1.47. The Morgan fingerprint density at radius 2 is 1.47 bits per heavy atom. The lowest BCUT2D eigenvalue weighted by atomic mass is 9.97. The molecule has 2 aliphatic rings. The number of benzene rings is 2. The van der Waals surface area contributed by atoms with Crippen molar-refractivity contribution in [3.63, 3.8) is 0 Å². The lowest BCUT2D eigenvalue weighted by Crippen LogP contribution is -2.35. The lowest BCUT2D eigenvalue weighted by molar-refractivity contribution is -0.120. The van der Waals surface area contributed by atoms with Crippen LogP contribution < -0.4 is 26.0 Å². The normalized spacial score (nSPS) is 17.4. The summed E-state index contributed by atoms with van der Waals surface area (Å²) >= 11 is 14.2. The van der Waals surface area contributed by atoms with Crippen LogP contribution >= 0.6 is 23.2 Å². The van der Waals surface area contributed by atoms with Crippen molar-refractivity contribution >= 4 is 46.1 Å². The maximum absolute atomic E-state index is 11.5. The van der Waals surface area contributed by atoms with Crippen molar-refractivity contribution in [2.45, 2.75) is 50.9 Å². The van der Waals surface area contributed by atoms with E-state index in [-0.39, 0.29) is 23.9 Å². The Bertz CT molecular complexity index is 2030. The molecule has 2 aromatic carbocycles. The molecule has 49 heavy (non-hydrogen) atoms. The van der Waals surface area contributed by atoms with E-state index in [9.17, 15) is 9.59 Å². The van der Waals surface area contributed by atoms with E-state index in [1.165, 1.54) is 0 Å². The van der Waals surface area contributed by atoms with Crippen molar-refractivity contribution in [1.82, 2.24) is 31.2 Å². The molecule has 12 heteroatoms. The number of ether oxygens (including phenoxy) is 1. The first-order chi connectivity index (χ1) is 23.9. The molecule has 2 fully saturated rings. The summed E-state index contributed by atoms with van der Waals surface area (Å²) in [6.07, 6.45) is 4.59. The van der Waals surface area contributed by atoms with Crippen LogP contribution in [0.25, 0.3) is 44.6 Å². The first-order valence-electron chi connectivity index (χ1n) is 16.4. The van der Waals surface area contributed by atoms with Gasteiger partial charge in [0, 0.05) is 89.5 Å². The molecular weight excluding hydrogens is 663 g/mol. The van der Waals surface area contributed by atoms with E-state index < -0.39 is 0 Å². The highest BCUT2D eigenvalue weighted by atomic mass is 35.5. The largest absolute Gasteiger partial charge is 0.481 e. The van der Waals surface area contributed by atoms with Crippen LogP contribution in [-0.4, -0.2) is 54.1 Å². The van der Waals surface area contributed by atoms with Crippen molar-refractivity contribution in [2.24, 2.45) is 0 Å². The van der Waals surface area contributed by atoms with Gasteiger partial charge in [-0.05, 0) is 31.0 Å². The van der Waals surface area contributed by atoms with Gasteiger partial charge in [-0.15, -0.1) is 0 Å². The average molecular weight is 700 g/mol. The molecule has 0 saturated carbocycles. The fourth-order valence-corrected chi connectivity index (χ4v) is 7.12. The van der Waals surface area contributed by atoms with Crippen LogP contribution in [0.15, 0.2) is 71.3 Å². The van der Waals surface area contributed by atoms with Crippen LogP contribution in [0.1, 0.15) is 37.0 Å². The number of fused-ring (bicyclic) bond motifs is 1. The number of carbonyl (C=O) groups is 2. The summed E-state index contributed by atoms with van der Waals surface area (Å²) in [6.45, 7) is 2.45. The molecule has 4 N–H and O–H groups in total. The summed E-state index contributed by atoms with van der Waals surface area (Å²) in [6, 6.07) is 19.9. The Labute approximate surface area is 293 Å². The number of amides is 2. The molecular formula is C37H36Cl2N6O4. The number of hydrogen-bond donors (Lipinski definition) is 4. The van der Waals surface area contributed by atoms with E-state index in [0.29, 0.717) is 66.4 Å². The van der Waals surface area contributed by atoms with Gasteiger partial charge in [0.05, 0.1) is 29.4 Å². The maximum atomic E-state index is 11.5. The zero-order valence-corrected chi connectivity index (χ0v) is 28.5. The number of nitrogens with one attached hydrogen (secondary N) is 4. The van der Waals surface area contributed by atoms with Gasteiger partial charge >= 0.3 is 0 Å². The topological polar surface area (TPSA) is 130 Å². The van der Waals surface area contributed by atoms with E-state index in [0.717, 1.165) is 57.4 Å². The Hall–Kier alpha value is -4.48. The zero-order valence-electron chi connectivity index (χ0n) is 26.9. The third-order valence-electron chi connectivity index (χ3n) is 9.00. The molecule has 0 aliphatic carbocycles. The molecule has 252 valence electrons. The van der Waals surface area contributed by atoms with Crippen molar-refractivity contribution in [1.29, 1.82) is 0 Å². The second-order valence-corrected chi connectivity index (χ2v) is 13.2. The van der Waals surface area contributed by atoms with Gasteiger partial charge < -0.3 is 30.4 Å². The van der Waals surface area contributed by atoms with Gasteiger partial charge in [-0.2, -0.15) is 0 Å². The van der Waals surface area contributed by atoms with Gasteiger partial charge in [0.15, 0.2) is 0 Å². The highest BCUT2D eigenvalue weighted by Crippen LogP contribution is 2.42. The Balaban J connectivity index is 1.09. The molecule has 0 radical (unpaired) electrons. The molecule has 10 nitrogen and oxygen atoms in total. The van der Waals surface area contributed by atoms with Gasteiger partial charge in [0.2, 0.25) is 23.4 Å².